The van der Waals surface area contributed by atoms with E-state index in [2.05, 4.69) is 75.5 Å². The van der Waals surface area contributed by atoms with E-state index >= 15 is 0 Å². The number of unbranched alkanes of at least 4 members (excludes halogenated alkanes) is 29. The molecule has 0 saturated heterocycles. The van der Waals surface area contributed by atoms with Crippen LogP contribution in [0.3, 0.4) is 0 Å². The minimum Gasteiger partial charge on any atom is -0.462 e. The molecule has 0 spiro atoms. The number of ether oxygens (including phenoxy) is 3. The first-order valence-electron chi connectivity index (χ1n) is 27.8. The van der Waals surface area contributed by atoms with Crippen LogP contribution in [-0.4, -0.2) is 37.2 Å². The van der Waals surface area contributed by atoms with Crippen LogP contribution in [-0.2, 0) is 28.6 Å². The van der Waals surface area contributed by atoms with E-state index in [9.17, 15) is 14.4 Å². The van der Waals surface area contributed by atoms with E-state index in [1.54, 1.807) is 0 Å². The molecule has 0 aromatic rings. The molecule has 0 aliphatic rings. The van der Waals surface area contributed by atoms with Crippen LogP contribution < -0.4 is 0 Å². The number of rotatable bonds is 50. The second-order valence-electron chi connectivity index (χ2n) is 18.5. The van der Waals surface area contributed by atoms with Gasteiger partial charge < -0.3 is 14.2 Å². The number of allylic oxidation sites excluding steroid dienone is 10. The molecule has 65 heavy (non-hydrogen) atoms. The Labute approximate surface area is 402 Å². The van der Waals surface area contributed by atoms with Gasteiger partial charge in [0, 0.05) is 19.3 Å². The van der Waals surface area contributed by atoms with Crippen molar-refractivity contribution >= 4 is 17.9 Å². The molecular formula is C59H104O6. The van der Waals surface area contributed by atoms with E-state index in [4.69, 9.17) is 14.2 Å². The molecule has 0 aliphatic heterocycles. The predicted molar refractivity (Wildman–Crippen MR) is 279 cm³/mol. The van der Waals surface area contributed by atoms with E-state index in [-0.39, 0.29) is 37.5 Å². The highest BCUT2D eigenvalue weighted by Gasteiger charge is 2.19. The highest BCUT2D eigenvalue weighted by molar-refractivity contribution is 5.71. The van der Waals surface area contributed by atoms with Crippen molar-refractivity contribution in [3.05, 3.63) is 60.8 Å². The van der Waals surface area contributed by atoms with Gasteiger partial charge in [-0.1, -0.05) is 248 Å². The molecule has 0 rings (SSSR count). The summed E-state index contributed by atoms with van der Waals surface area (Å²) in [7, 11) is 0. The fourth-order valence-corrected chi connectivity index (χ4v) is 7.86. The number of carbonyl (C=O) groups excluding carboxylic acids is 3. The number of hydrogen-bond donors (Lipinski definition) is 0. The molecule has 0 aromatic heterocycles. The Bertz CT molecular complexity index is 1180. The van der Waals surface area contributed by atoms with Crippen LogP contribution in [0.25, 0.3) is 0 Å². The maximum atomic E-state index is 12.8. The van der Waals surface area contributed by atoms with Crippen LogP contribution in [0.5, 0.6) is 0 Å². The molecule has 1 unspecified atom stereocenters. The van der Waals surface area contributed by atoms with Gasteiger partial charge in [-0.2, -0.15) is 0 Å². The van der Waals surface area contributed by atoms with Gasteiger partial charge in [-0.25, -0.2) is 0 Å². The fraction of sp³-hybridized carbons (Fsp3) is 0.780. The maximum absolute atomic E-state index is 12.8. The van der Waals surface area contributed by atoms with Crippen LogP contribution in [0.4, 0.5) is 0 Å². The third kappa shape index (κ3) is 51.9. The van der Waals surface area contributed by atoms with Crippen molar-refractivity contribution < 1.29 is 28.6 Å². The van der Waals surface area contributed by atoms with Gasteiger partial charge in [0.1, 0.15) is 13.2 Å². The van der Waals surface area contributed by atoms with Gasteiger partial charge in [0.05, 0.1) is 0 Å². The number of hydrogen-bond acceptors (Lipinski definition) is 6. The highest BCUT2D eigenvalue weighted by Crippen LogP contribution is 2.16. The molecule has 376 valence electrons. The summed E-state index contributed by atoms with van der Waals surface area (Å²) >= 11 is 0. The largest absolute Gasteiger partial charge is 0.462 e. The smallest absolute Gasteiger partial charge is 0.306 e. The Kier molecular flexibility index (Phi) is 51.3. The quantitative estimate of drug-likeness (QED) is 0.0262. The molecular weight excluding hydrogens is 805 g/mol. The lowest BCUT2D eigenvalue weighted by Gasteiger charge is -2.18. The third-order valence-electron chi connectivity index (χ3n) is 12.0. The monoisotopic (exact) mass is 909 g/mol. The molecule has 0 heterocycles. The average molecular weight is 909 g/mol. The zero-order chi connectivity index (χ0) is 47.2. The number of carbonyl (C=O) groups is 3. The Balaban J connectivity index is 4.39. The van der Waals surface area contributed by atoms with Crippen molar-refractivity contribution in [3.63, 3.8) is 0 Å². The van der Waals surface area contributed by atoms with Crippen LogP contribution in [0, 0.1) is 0 Å². The van der Waals surface area contributed by atoms with Crippen molar-refractivity contribution in [2.24, 2.45) is 0 Å². The summed E-state index contributed by atoms with van der Waals surface area (Å²) < 4.78 is 16.8. The van der Waals surface area contributed by atoms with E-state index in [1.807, 2.05) is 6.08 Å². The molecule has 0 N–H and O–H groups in total. The lowest BCUT2D eigenvalue weighted by molar-refractivity contribution is -0.166. The van der Waals surface area contributed by atoms with E-state index in [1.165, 1.54) is 161 Å². The molecule has 0 amide bonds. The minimum absolute atomic E-state index is 0.0918. The summed E-state index contributed by atoms with van der Waals surface area (Å²) in [4.78, 5) is 38.0. The SMILES string of the molecule is CC/C=C\C/C=C\C/C=C\CCCCCCCCCCCC(=O)OCC(COC(=O)CC/C=C\C/C=C\CCCCCCCC)OC(=O)CCCCCCCCCCCCCCCCC. The van der Waals surface area contributed by atoms with Crippen LogP contribution >= 0.6 is 0 Å². The molecule has 0 radical (unpaired) electrons. The van der Waals surface area contributed by atoms with Crippen molar-refractivity contribution in [1.29, 1.82) is 0 Å². The summed E-state index contributed by atoms with van der Waals surface area (Å²) in [6, 6.07) is 0. The standard InChI is InChI=1S/C59H104O6/c1-4-7-10-13-16-19-22-25-27-28-29-30-32-34-37-40-43-46-49-52-58(61)64-55-56(54-63-57(60)51-48-45-42-39-36-33-24-21-18-15-12-9-6-3)65-59(62)53-50-47-44-41-38-35-31-26-23-20-17-14-11-8-5-2/h7,10,16,19,25,27,33,36,42,45,56H,4-6,8-9,11-15,17-18,20-24,26,28-32,34-35,37-41,43-44,46-55H2,1-3H3/b10-7-,19-16-,27-25-,36-33-,45-42-. The average Bonchev–Trinajstić information content (AvgIpc) is 3.30. The highest BCUT2D eigenvalue weighted by atomic mass is 16.6. The second-order valence-corrected chi connectivity index (χ2v) is 18.5. The summed E-state index contributed by atoms with van der Waals surface area (Å²) in [6.45, 7) is 6.49. The van der Waals surface area contributed by atoms with Gasteiger partial charge >= 0.3 is 17.9 Å². The van der Waals surface area contributed by atoms with Gasteiger partial charge in [-0.15, -0.1) is 0 Å². The first-order chi connectivity index (χ1) is 32.0. The third-order valence-corrected chi connectivity index (χ3v) is 12.0. The Morgan fingerprint density at radius 2 is 0.631 bits per heavy atom. The summed E-state index contributed by atoms with van der Waals surface area (Å²) in [5, 5.41) is 0. The van der Waals surface area contributed by atoms with Crippen LogP contribution in [0.1, 0.15) is 278 Å². The van der Waals surface area contributed by atoms with Gasteiger partial charge in [0.2, 0.25) is 0 Å². The van der Waals surface area contributed by atoms with E-state index in [0.29, 0.717) is 19.3 Å². The maximum Gasteiger partial charge on any atom is 0.306 e. The lowest BCUT2D eigenvalue weighted by Crippen LogP contribution is -2.30. The van der Waals surface area contributed by atoms with Crippen molar-refractivity contribution in [1.82, 2.24) is 0 Å². The first kappa shape index (κ1) is 62.1. The topological polar surface area (TPSA) is 78.9 Å². The van der Waals surface area contributed by atoms with E-state index in [0.717, 1.165) is 70.6 Å². The molecule has 0 fully saturated rings. The normalized spacial score (nSPS) is 12.5. The van der Waals surface area contributed by atoms with Crippen molar-refractivity contribution in [2.45, 2.75) is 284 Å². The molecule has 6 heteroatoms. The fourth-order valence-electron chi connectivity index (χ4n) is 7.86. The summed E-state index contributed by atoms with van der Waals surface area (Å²) in [5.74, 6) is -0.957. The molecule has 0 bridgehead atoms. The van der Waals surface area contributed by atoms with Gasteiger partial charge in [-0.05, 0) is 70.6 Å². The zero-order valence-electron chi connectivity index (χ0n) is 43.0. The van der Waals surface area contributed by atoms with Crippen LogP contribution in [0.15, 0.2) is 60.8 Å². The summed E-state index contributed by atoms with van der Waals surface area (Å²) in [5.41, 5.74) is 0. The Morgan fingerprint density at radius 3 is 1.03 bits per heavy atom. The second kappa shape index (κ2) is 53.7. The number of esters is 3. The molecule has 1 atom stereocenters. The minimum atomic E-state index is -0.796. The Hall–Kier alpha value is -2.89. The Morgan fingerprint density at radius 1 is 0.323 bits per heavy atom. The van der Waals surface area contributed by atoms with E-state index < -0.39 is 6.10 Å². The van der Waals surface area contributed by atoms with Crippen LogP contribution in [0.2, 0.25) is 0 Å². The predicted octanol–water partition coefficient (Wildman–Crippen LogP) is 18.4. The lowest BCUT2D eigenvalue weighted by atomic mass is 10.0. The van der Waals surface area contributed by atoms with Crippen molar-refractivity contribution in [3.8, 4) is 0 Å². The van der Waals surface area contributed by atoms with Crippen molar-refractivity contribution in [2.75, 3.05) is 13.2 Å². The summed E-state index contributed by atoms with van der Waals surface area (Å²) in [6.07, 6.45) is 66.5. The molecule has 0 saturated carbocycles. The first-order valence-corrected chi connectivity index (χ1v) is 27.8. The molecule has 0 aromatic carbocycles. The molecule has 0 aliphatic carbocycles. The van der Waals surface area contributed by atoms with Gasteiger partial charge in [-0.3, -0.25) is 14.4 Å². The zero-order valence-corrected chi connectivity index (χ0v) is 43.0. The van der Waals surface area contributed by atoms with Gasteiger partial charge in [0.15, 0.2) is 6.10 Å². The molecule has 6 nitrogen and oxygen atoms in total. The van der Waals surface area contributed by atoms with Gasteiger partial charge in [0.25, 0.3) is 0 Å².